The van der Waals surface area contributed by atoms with E-state index in [1.54, 1.807) is 6.92 Å². The number of rotatable bonds is 2. The molecule has 0 saturated carbocycles. The van der Waals surface area contributed by atoms with Crippen molar-refractivity contribution in [1.29, 1.82) is 0 Å². The number of ether oxygens (including phenoxy) is 1. The van der Waals surface area contributed by atoms with Crippen molar-refractivity contribution in [3.8, 4) is 0 Å². The van der Waals surface area contributed by atoms with Gasteiger partial charge >= 0.3 is 0 Å². The Bertz CT molecular complexity index is 461. The lowest BCUT2D eigenvalue weighted by molar-refractivity contribution is 0.0623. The standard InChI is InChI=1S/C12H16N2O3/c1-8-5-11(15)10(6-13-8)12(16)14-9-3-2-4-17-7-9/h5-6,9H,2-4,7H2,1H3,(H,13,15)(H,14,16). The number of hydrogen-bond donors (Lipinski definition) is 2. The Balaban J connectivity index is 2.06. The first-order valence-corrected chi connectivity index (χ1v) is 5.75. The van der Waals surface area contributed by atoms with Crippen LogP contribution in [0.5, 0.6) is 0 Å². The summed E-state index contributed by atoms with van der Waals surface area (Å²) in [7, 11) is 0. The number of hydrogen-bond acceptors (Lipinski definition) is 3. The highest BCUT2D eigenvalue weighted by Gasteiger charge is 2.18. The van der Waals surface area contributed by atoms with Crippen LogP contribution in [0.25, 0.3) is 0 Å². The van der Waals surface area contributed by atoms with E-state index in [-0.39, 0.29) is 22.9 Å². The summed E-state index contributed by atoms with van der Waals surface area (Å²) in [5.74, 6) is -0.332. The van der Waals surface area contributed by atoms with Crippen LogP contribution in [0.15, 0.2) is 17.1 Å². The molecule has 0 radical (unpaired) electrons. The molecule has 5 heteroatoms. The van der Waals surface area contributed by atoms with Crippen molar-refractivity contribution in [2.24, 2.45) is 0 Å². The molecule has 1 aromatic heterocycles. The molecule has 2 rings (SSSR count). The van der Waals surface area contributed by atoms with Crippen LogP contribution < -0.4 is 10.7 Å². The van der Waals surface area contributed by atoms with E-state index in [0.29, 0.717) is 6.61 Å². The second-order valence-electron chi connectivity index (χ2n) is 4.28. The molecule has 2 N–H and O–H groups in total. The summed E-state index contributed by atoms with van der Waals surface area (Å²) < 4.78 is 5.27. The SMILES string of the molecule is Cc1cc(=O)c(C(=O)NC2CCCOC2)c[nH]1. The van der Waals surface area contributed by atoms with Gasteiger partial charge in [0.15, 0.2) is 5.43 Å². The van der Waals surface area contributed by atoms with Crippen molar-refractivity contribution in [2.45, 2.75) is 25.8 Å². The normalized spacial score (nSPS) is 19.9. The maximum atomic E-state index is 11.9. The van der Waals surface area contributed by atoms with E-state index < -0.39 is 0 Å². The van der Waals surface area contributed by atoms with E-state index in [4.69, 9.17) is 4.74 Å². The van der Waals surface area contributed by atoms with Gasteiger partial charge in [0.05, 0.1) is 12.6 Å². The predicted molar refractivity (Wildman–Crippen MR) is 63.1 cm³/mol. The molecular weight excluding hydrogens is 220 g/mol. The van der Waals surface area contributed by atoms with Gasteiger partial charge in [-0.05, 0) is 19.8 Å². The van der Waals surface area contributed by atoms with Crippen molar-refractivity contribution >= 4 is 5.91 Å². The third-order valence-electron chi connectivity index (χ3n) is 2.80. The monoisotopic (exact) mass is 236 g/mol. The Morgan fingerprint density at radius 3 is 3.06 bits per heavy atom. The zero-order chi connectivity index (χ0) is 12.3. The van der Waals surface area contributed by atoms with Crippen LogP contribution in [-0.2, 0) is 4.74 Å². The van der Waals surface area contributed by atoms with Gasteiger partial charge in [-0.15, -0.1) is 0 Å². The van der Waals surface area contributed by atoms with E-state index in [9.17, 15) is 9.59 Å². The Kier molecular flexibility index (Phi) is 3.58. The molecule has 1 atom stereocenters. The molecule has 0 aromatic carbocycles. The molecule has 1 unspecified atom stereocenters. The zero-order valence-corrected chi connectivity index (χ0v) is 9.79. The van der Waals surface area contributed by atoms with Crippen LogP contribution in [0.1, 0.15) is 28.9 Å². The maximum Gasteiger partial charge on any atom is 0.257 e. The summed E-state index contributed by atoms with van der Waals surface area (Å²) in [6.07, 6.45) is 3.29. The molecule has 1 aliphatic heterocycles. The van der Waals surface area contributed by atoms with Gasteiger partial charge in [-0.25, -0.2) is 0 Å². The smallest absolute Gasteiger partial charge is 0.257 e. The average molecular weight is 236 g/mol. The summed E-state index contributed by atoms with van der Waals surface area (Å²) in [5.41, 5.74) is 0.643. The number of nitrogens with one attached hydrogen (secondary N) is 2. The highest BCUT2D eigenvalue weighted by Crippen LogP contribution is 2.06. The minimum absolute atomic E-state index is 0.0111. The third kappa shape index (κ3) is 2.94. The van der Waals surface area contributed by atoms with Gasteiger partial charge in [0, 0.05) is 24.6 Å². The molecular formula is C12H16N2O3. The summed E-state index contributed by atoms with van der Waals surface area (Å²) >= 11 is 0. The minimum atomic E-state index is -0.332. The number of amides is 1. The fourth-order valence-electron chi connectivity index (χ4n) is 1.87. The Labute approximate surface area is 99.2 Å². The Hall–Kier alpha value is -1.62. The summed E-state index contributed by atoms with van der Waals surface area (Å²) in [5, 5.41) is 2.81. The number of pyridine rings is 1. The zero-order valence-electron chi connectivity index (χ0n) is 9.79. The maximum absolute atomic E-state index is 11.9. The first kappa shape index (κ1) is 11.9. The second-order valence-corrected chi connectivity index (χ2v) is 4.28. The molecule has 1 amide bonds. The molecule has 17 heavy (non-hydrogen) atoms. The highest BCUT2D eigenvalue weighted by atomic mass is 16.5. The van der Waals surface area contributed by atoms with E-state index in [0.717, 1.165) is 25.1 Å². The lowest BCUT2D eigenvalue weighted by Gasteiger charge is -2.22. The number of aromatic nitrogens is 1. The molecule has 5 nitrogen and oxygen atoms in total. The van der Waals surface area contributed by atoms with Crippen molar-refractivity contribution in [3.63, 3.8) is 0 Å². The first-order chi connectivity index (χ1) is 8.16. The van der Waals surface area contributed by atoms with Crippen molar-refractivity contribution in [2.75, 3.05) is 13.2 Å². The number of H-pyrrole nitrogens is 1. The number of aromatic amines is 1. The molecule has 1 fully saturated rings. The van der Waals surface area contributed by atoms with E-state index in [1.807, 2.05) is 0 Å². The molecule has 0 aliphatic carbocycles. The molecule has 1 saturated heterocycles. The van der Waals surface area contributed by atoms with Gasteiger partial charge in [0.25, 0.3) is 5.91 Å². The average Bonchev–Trinajstić information content (AvgIpc) is 2.30. The number of carbonyl (C=O) groups excluding carboxylic acids is 1. The van der Waals surface area contributed by atoms with Crippen molar-refractivity contribution in [1.82, 2.24) is 10.3 Å². The second kappa shape index (κ2) is 5.14. The van der Waals surface area contributed by atoms with Gasteiger partial charge in [0.1, 0.15) is 5.56 Å². The fraction of sp³-hybridized carbons (Fsp3) is 0.500. The number of aryl methyl sites for hydroxylation is 1. The molecule has 2 heterocycles. The van der Waals surface area contributed by atoms with Crippen molar-refractivity contribution < 1.29 is 9.53 Å². The van der Waals surface area contributed by atoms with E-state index >= 15 is 0 Å². The van der Waals surface area contributed by atoms with Crippen LogP contribution in [0.2, 0.25) is 0 Å². The van der Waals surface area contributed by atoms with E-state index in [1.165, 1.54) is 12.3 Å². The highest BCUT2D eigenvalue weighted by molar-refractivity contribution is 5.93. The topological polar surface area (TPSA) is 71.2 Å². The molecule has 1 aliphatic rings. The minimum Gasteiger partial charge on any atom is -0.379 e. The largest absolute Gasteiger partial charge is 0.379 e. The molecule has 92 valence electrons. The van der Waals surface area contributed by atoms with E-state index in [2.05, 4.69) is 10.3 Å². The van der Waals surface area contributed by atoms with Crippen molar-refractivity contribution in [3.05, 3.63) is 33.7 Å². The van der Waals surface area contributed by atoms with Crippen LogP contribution in [0, 0.1) is 6.92 Å². The van der Waals surface area contributed by atoms with Gasteiger partial charge in [-0.2, -0.15) is 0 Å². The number of carbonyl (C=O) groups is 1. The van der Waals surface area contributed by atoms with Gasteiger partial charge in [-0.3, -0.25) is 9.59 Å². The predicted octanol–water partition coefficient (Wildman–Crippen LogP) is 0.592. The summed E-state index contributed by atoms with van der Waals surface area (Å²) in [4.78, 5) is 26.3. The first-order valence-electron chi connectivity index (χ1n) is 5.75. The molecule has 1 aromatic rings. The summed E-state index contributed by atoms with van der Waals surface area (Å²) in [6.45, 7) is 3.05. The Morgan fingerprint density at radius 1 is 1.59 bits per heavy atom. The molecule has 0 spiro atoms. The van der Waals surface area contributed by atoms with Crippen LogP contribution in [0.4, 0.5) is 0 Å². The lowest BCUT2D eigenvalue weighted by Crippen LogP contribution is -2.42. The molecule has 0 bridgehead atoms. The lowest BCUT2D eigenvalue weighted by atomic mass is 10.1. The Morgan fingerprint density at radius 2 is 2.41 bits per heavy atom. The third-order valence-corrected chi connectivity index (χ3v) is 2.80. The summed E-state index contributed by atoms with van der Waals surface area (Å²) in [6, 6.07) is 1.43. The van der Waals surface area contributed by atoms with Crippen LogP contribution in [0.3, 0.4) is 0 Å². The fourth-order valence-corrected chi connectivity index (χ4v) is 1.87. The van der Waals surface area contributed by atoms with Crippen LogP contribution >= 0.6 is 0 Å². The van der Waals surface area contributed by atoms with Gasteiger partial charge in [0.2, 0.25) is 0 Å². The quantitative estimate of drug-likeness (QED) is 0.789. The van der Waals surface area contributed by atoms with Gasteiger partial charge < -0.3 is 15.0 Å². The van der Waals surface area contributed by atoms with Gasteiger partial charge in [-0.1, -0.05) is 0 Å². The van der Waals surface area contributed by atoms with Crippen LogP contribution in [-0.4, -0.2) is 30.1 Å².